The molecule has 0 heterocycles. The molecule has 0 aromatic rings. The third-order valence-corrected chi connectivity index (χ3v) is 4.94. The number of aliphatic hydroxyl groups excluding tert-OH is 1. The van der Waals surface area contributed by atoms with Crippen LogP contribution in [0.3, 0.4) is 0 Å². The summed E-state index contributed by atoms with van der Waals surface area (Å²) in [6.07, 6.45) is 15.8. The van der Waals surface area contributed by atoms with Crippen LogP contribution >= 0.6 is 0 Å². The van der Waals surface area contributed by atoms with Gasteiger partial charge in [-0.1, -0.05) is 51.4 Å². The lowest BCUT2D eigenvalue weighted by molar-refractivity contribution is -0.380. The Bertz CT molecular complexity index is 285. The first-order valence-electron chi connectivity index (χ1n) is 12.0. The van der Waals surface area contributed by atoms with Crippen molar-refractivity contribution in [1.29, 1.82) is 0 Å². The molecule has 0 fully saturated rings. The van der Waals surface area contributed by atoms with Crippen molar-refractivity contribution in [2.75, 3.05) is 39.5 Å². The lowest BCUT2D eigenvalue weighted by atomic mass is 10.1. The van der Waals surface area contributed by atoms with E-state index in [0.717, 1.165) is 38.8 Å². The zero-order chi connectivity index (χ0) is 20.8. The summed E-state index contributed by atoms with van der Waals surface area (Å²) >= 11 is 0. The smallest absolute Gasteiger partial charge is 0.282 e. The number of ether oxygens (including phenoxy) is 3. The second-order valence-corrected chi connectivity index (χ2v) is 7.45. The summed E-state index contributed by atoms with van der Waals surface area (Å²) in [5, 5.41) is 12.2. The molecule has 0 saturated heterocycles. The molecule has 0 aliphatic carbocycles. The van der Waals surface area contributed by atoms with Crippen molar-refractivity contribution in [1.82, 2.24) is 5.32 Å². The Hall–Kier alpha value is -0.200. The summed E-state index contributed by atoms with van der Waals surface area (Å²) in [4.78, 5) is 0. The van der Waals surface area contributed by atoms with Crippen molar-refractivity contribution < 1.29 is 19.3 Å². The molecule has 0 unspecified atom stereocenters. The van der Waals surface area contributed by atoms with Crippen LogP contribution in [-0.2, 0) is 14.2 Å². The van der Waals surface area contributed by atoms with Gasteiger partial charge in [-0.15, -0.1) is 0 Å². The minimum atomic E-state index is -0.827. The summed E-state index contributed by atoms with van der Waals surface area (Å²) < 4.78 is 17.3. The maximum Gasteiger partial charge on any atom is 0.282 e. The topological polar surface area (TPSA) is 60.0 Å². The van der Waals surface area contributed by atoms with Crippen LogP contribution in [0.1, 0.15) is 104 Å². The van der Waals surface area contributed by atoms with Gasteiger partial charge < -0.3 is 24.6 Å². The number of hydrogen-bond donors (Lipinski definition) is 2. The van der Waals surface area contributed by atoms with Crippen LogP contribution < -0.4 is 5.32 Å². The zero-order valence-electron chi connectivity index (χ0n) is 19.1. The number of nitrogens with one attached hydrogen (secondary N) is 1. The Morgan fingerprint density at radius 3 is 1.39 bits per heavy atom. The van der Waals surface area contributed by atoms with E-state index >= 15 is 0 Å². The number of unbranched alkanes of at least 4 members (excludes halogenated alkanes) is 10. The van der Waals surface area contributed by atoms with Crippen LogP contribution in [0.15, 0.2) is 0 Å². The van der Waals surface area contributed by atoms with Gasteiger partial charge in [-0.05, 0) is 59.5 Å². The highest BCUT2D eigenvalue weighted by Crippen LogP contribution is 2.24. The SMILES string of the molecule is CCOC(CCCCCCCCCCCCNCCCCO)(OCC)OCC. The molecule has 0 bridgehead atoms. The molecule has 0 aromatic carbocycles. The molecule has 170 valence electrons. The fourth-order valence-electron chi connectivity index (χ4n) is 3.49. The van der Waals surface area contributed by atoms with E-state index in [4.69, 9.17) is 19.3 Å². The second-order valence-electron chi connectivity index (χ2n) is 7.45. The van der Waals surface area contributed by atoms with E-state index in [1.807, 2.05) is 20.8 Å². The first kappa shape index (κ1) is 27.8. The summed E-state index contributed by atoms with van der Waals surface area (Å²) in [5.74, 6) is -0.827. The van der Waals surface area contributed by atoms with Gasteiger partial charge >= 0.3 is 0 Å². The van der Waals surface area contributed by atoms with Gasteiger partial charge in [-0.25, -0.2) is 0 Å². The molecule has 0 aromatic heterocycles. The number of aliphatic hydroxyl groups is 1. The third-order valence-electron chi connectivity index (χ3n) is 4.94. The van der Waals surface area contributed by atoms with Gasteiger partial charge in [0.25, 0.3) is 5.97 Å². The molecule has 0 aliphatic rings. The van der Waals surface area contributed by atoms with Crippen molar-refractivity contribution >= 4 is 0 Å². The van der Waals surface area contributed by atoms with Gasteiger partial charge in [0.15, 0.2) is 0 Å². The largest absolute Gasteiger partial charge is 0.396 e. The monoisotopic (exact) mass is 403 g/mol. The maximum atomic E-state index is 8.72. The van der Waals surface area contributed by atoms with E-state index in [2.05, 4.69) is 5.32 Å². The van der Waals surface area contributed by atoms with Crippen LogP contribution in [0, 0.1) is 0 Å². The highest BCUT2D eigenvalue weighted by atomic mass is 16.9. The van der Waals surface area contributed by atoms with Crippen molar-refractivity contribution in [2.24, 2.45) is 0 Å². The molecule has 0 saturated carbocycles. The predicted molar refractivity (Wildman–Crippen MR) is 118 cm³/mol. The lowest BCUT2D eigenvalue weighted by Gasteiger charge is -2.32. The van der Waals surface area contributed by atoms with E-state index in [1.165, 1.54) is 57.8 Å². The molecule has 0 rings (SSSR count). The lowest BCUT2D eigenvalue weighted by Crippen LogP contribution is -2.39. The van der Waals surface area contributed by atoms with Crippen LogP contribution in [0.25, 0.3) is 0 Å². The fourth-order valence-corrected chi connectivity index (χ4v) is 3.49. The van der Waals surface area contributed by atoms with E-state index in [1.54, 1.807) is 0 Å². The highest BCUT2D eigenvalue weighted by Gasteiger charge is 2.31. The molecular weight excluding hydrogens is 354 g/mol. The molecule has 5 nitrogen and oxygen atoms in total. The second kappa shape index (κ2) is 21.5. The van der Waals surface area contributed by atoms with Gasteiger partial charge in [0.1, 0.15) is 0 Å². The van der Waals surface area contributed by atoms with Crippen molar-refractivity contribution in [3.63, 3.8) is 0 Å². The zero-order valence-corrected chi connectivity index (χ0v) is 19.1. The molecule has 0 aliphatic heterocycles. The van der Waals surface area contributed by atoms with Crippen LogP contribution in [-0.4, -0.2) is 50.6 Å². The van der Waals surface area contributed by atoms with Gasteiger partial charge in [0.05, 0.1) is 0 Å². The average Bonchev–Trinajstić information content (AvgIpc) is 2.68. The first-order chi connectivity index (χ1) is 13.7. The number of rotatable bonds is 23. The molecule has 0 spiro atoms. The van der Waals surface area contributed by atoms with Gasteiger partial charge in [-0.3, -0.25) is 0 Å². The van der Waals surface area contributed by atoms with Crippen LogP contribution in [0.5, 0.6) is 0 Å². The van der Waals surface area contributed by atoms with E-state index in [9.17, 15) is 0 Å². The molecule has 0 atom stereocenters. The predicted octanol–water partition coefficient (Wildman–Crippen LogP) is 5.40. The third kappa shape index (κ3) is 16.7. The summed E-state index contributed by atoms with van der Waals surface area (Å²) in [6, 6.07) is 0. The Morgan fingerprint density at radius 1 is 0.571 bits per heavy atom. The summed E-state index contributed by atoms with van der Waals surface area (Å²) in [6.45, 7) is 10.3. The Morgan fingerprint density at radius 2 is 0.964 bits per heavy atom. The van der Waals surface area contributed by atoms with Crippen molar-refractivity contribution in [2.45, 2.75) is 110 Å². The average molecular weight is 404 g/mol. The molecule has 2 N–H and O–H groups in total. The van der Waals surface area contributed by atoms with Gasteiger partial charge in [0, 0.05) is 32.8 Å². The Kier molecular flexibility index (Phi) is 21.4. The summed E-state index contributed by atoms with van der Waals surface area (Å²) in [5.41, 5.74) is 0. The van der Waals surface area contributed by atoms with Crippen molar-refractivity contribution in [3.05, 3.63) is 0 Å². The van der Waals surface area contributed by atoms with Crippen molar-refractivity contribution in [3.8, 4) is 0 Å². The van der Waals surface area contributed by atoms with E-state index in [0.29, 0.717) is 26.4 Å². The Labute approximate surface area is 174 Å². The Balaban J connectivity index is 3.46. The standard InChI is InChI=1S/C23H49NO4/c1-4-26-23(27-5-2,28-6-3)19-15-13-11-9-7-8-10-12-14-16-20-24-21-17-18-22-25/h24-25H,4-22H2,1-3H3. The number of hydrogen-bond acceptors (Lipinski definition) is 5. The molecule has 0 radical (unpaired) electrons. The minimum absolute atomic E-state index is 0.316. The molecule has 5 heteroatoms. The minimum Gasteiger partial charge on any atom is -0.396 e. The summed E-state index contributed by atoms with van der Waals surface area (Å²) in [7, 11) is 0. The van der Waals surface area contributed by atoms with E-state index in [-0.39, 0.29) is 0 Å². The molecular formula is C23H49NO4. The molecule has 0 amide bonds. The normalized spacial score (nSPS) is 12.0. The van der Waals surface area contributed by atoms with Gasteiger partial charge in [0.2, 0.25) is 0 Å². The quantitative estimate of drug-likeness (QED) is 0.177. The van der Waals surface area contributed by atoms with Gasteiger partial charge in [-0.2, -0.15) is 0 Å². The first-order valence-corrected chi connectivity index (χ1v) is 12.0. The van der Waals surface area contributed by atoms with Crippen LogP contribution in [0.4, 0.5) is 0 Å². The van der Waals surface area contributed by atoms with Crippen LogP contribution in [0.2, 0.25) is 0 Å². The fraction of sp³-hybridized carbons (Fsp3) is 1.00. The van der Waals surface area contributed by atoms with E-state index < -0.39 is 5.97 Å². The maximum absolute atomic E-state index is 8.72. The molecule has 28 heavy (non-hydrogen) atoms. The highest BCUT2D eigenvalue weighted by molar-refractivity contribution is 4.59.